The lowest BCUT2D eigenvalue weighted by atomic mass is 10.1. The van der Waals surface area contributed by atoms with Gasteiger partial charge in [-0.2, -0.15) is 5.10 Å². The quantitative estimate of drug-likeness (QED) is 0.842. The zero-order valence-corrected chi connectivity index (χ0v) is 11.1. The van der Waals surface area contributed by atoms with Crippen molar-refractivity contribution in [2.45, 2.75) is 26.8 Å². The molecule has 1 aromatic heterocycles. The number of anilines is 1. The fourth-order valence-electron chi connectivity index (χ4n) is 1.81. The molecule has 1 aromatic carbocycles. The largest absolute Gasteiger partial charge is 0.385 e. The lowest BCUT2D eigenvalue weighted by molar-refractivity contribution is 0.607. The first-order chi connectivity index (χ1) is 8.74. The van der Waals surface area contributed by atoms with Crippen LogP contribution in [0.5, 0.6) is 0 Å². The molecule has 0 aliphatic heterocycles. The zero-order valence-electron chi connectivity index (χ0n) is 11.1. The molecule has 0 saturated heterocycles. The molecular formula is C15H21N3. The van der Waals surface area contributed by atoms with Gasteiger partial charge >= 0.3 is 0 Å². The number of aromatic nitrogens is 2. The van der Waals surface area contributed by atoms with Gasteiger partial charge < -0.3 is 5.32 Å². The van der Waals surface area contributed by atoms with Gasteiger partial charge in [0.2, 0.25) is 0 Å². The molecular weight excluding hydrogens is 222 g/mol. The van der Waals surface area contributed by atoms with Crippen LogP contribution >= 0.6 is 0 Å². The highest BCUT2D eigenvalue weighted by molar-refractivity contribution is 5.44. The van der Waals surface area contributed by atoms with E-state index in [0.717, 1.165) is 19.0 Å². The van der Waals surface area contributed by atoms with Crippen molar-refractivity contribution in [2.24, 2.45) is 5.92 Å². The Balaban J connectivity index is 1.85. The lowest BCUT2D eigenvalue weighted by Crippen LogP contribution is -2.05. The normalized spacial score (nSPS) is 10.8. The van der Waals surface area contributed by atoms with Gasteiger partial charge in [-0.25, -0.2) is 0 Å². The third-order valence-electron chi connectivity index (χ3n) is 2.91. The molecule has 0 spiro atoms. The summed E-state index contributed by atoms with van der Waals surface area (Å²) in [6.45, 7) is 6.36. The fraction of sp³-hybridized carbons (Fsp3) is 0.400. The molecule has 1 heterocycles. The summed E-state index contributed by atoms with van der Waals surface area (Å²) in [5.74, 6) is 0.747. The third kappa shape index (κ3) is 3.91. The van der Waals surface area contributed by atoms with Crippen molar-refractivity contribution in [3.63, 3.8) is 0 Å². The van der Waals surface area contributed by atoms with Gasteiger partial charge in [0.25, 0.3) is 0 Å². The standard InChI is InChI=1S/C15H21N3/c1-13(2)8-10-16-15-6-4-14(5-7-15)12-18-11-3-9-17-18/h3-7,9,11,13,16H,8,10,12H2,1-2H3. The minimum absolute atomic E-state index is 0.747. The van der Waals surface area contributed by atoms with Crippen molar-refractivity contribution in [2.75, 3.05) is 11.9 Å². The summed E-state index contributed by atoms with van der Waals surface area (Å²) < 4.78 is 1.93. The topological polar surface area (TPSA) is 29.9 Å². The highest BCUT2D eigenvalue weighted by Crippen LogP contribution is 2.11. The van der Waals surface area contributed by atoms with E-state index in [0.29, 0.717) is 0 Å². The Bertz CT molecular complexity index is 443. The Hall–Kier alpha value is -1.77. The van der Waals surface area contributed by atoms with Crippen LogP contribution in [0.3, 0.4) is 0 Å². The van der Waals surface area contributed by atoms with Gasteiger partial charge in [-0.15, -0.1) is 0 Å². The first-order valence-corrected chi connectivity index (χ1v) is 6.54. The van der Waals surface area contributed by atoms with Gasteiger partial charge in [0.1, 0.15) is 0 Å². The van der Waals surface area contributed by atoms with Gasteiger partial charge in [0, 0.05) is 24.6 Å². The van der Waals surface area contributed by atoms with Crippen LogP contribution < -0.4 is 5.32 Å². The van der Waals surface area contributed by atoms with Gasteiger partial charge in [-0.3, -0.25) is 4.68 Å². The summed E-state index contributed by atoms with van der Waals surface area (Å²) in [5, 5.41) is 7.64. The third-order valence-corrected chi connectivity index (χ3v) is 2.91. The fourth-order valence-corrected chi connectivity index (χ4v) is 1.81. The molecule has 1 N–H and O–H groups in total. The molecule has 0 saturated carbocycles. The van der Waals surface area contributed by atoms with E-state index in [4.69, 9.17) is 0 Å². The molecule has 0 aliphatic rings. The van der Waals surface area contributed by atoms with E-state index in [9.17, 15) is 0 Å². The molecule has 0 amide bonds. The molecule has 3 heteroatoms. The lowest BCUT2D eigenvalue weighted by Gasteiger charge is -2.09. The molecule has 0 bridgehead atoms. The van der Waals surface area contributed by atoms with E-state index < -0.39 is 0 Å². The Labute approximate surface area is 109 Å². The molecule has 96 valence electrons. The van der Waals surface area contributed by atoms with Gasteiger partial charge in [-0.1, -0.05) is 26.0 Å². The van der Waals surface area contributed by atoms with E-state index in [1.54, 1.807) is 0 Å². The highest BCUT2D eigenvalue weighted by atomic mass is 15.3. The summed E-state index contributed by atoms with van der Waals surface area (Å²) in [6.07, 6.45) is 4.99. The Morgan fingerprint density at radius 2 is 2.00 bits per heavy atom. The minimum atomic E-state index is 0.747. The van der Waals surface area contributed by atoms with Crippen LogP contribution in [0.2, 0.25) is 0 Å². The summed E-state index contributed by atoms with van der Waals surface area (Å²) in [7, 11) is 0. The summed E-state index contributed by atoms with van der Waals surface area (Å²) in [5.41, 5.74) is 2.47. The van der Waals surface area contributed by atoms with Gasteiger partial charge in [0.15, 0.2) is 0 Å². The van der Waals surface area contributed by atoms with Crippen LogP contribution in [0.25, 0.3) is 0 Å². The van der Waals surface area contributed by atoms with Crippen molar-refractivity contribution < 1.29 is 0 Å². The van der Waals surface area contributed by atoms with Crippen molar-refractivity contribution in [1.82, 2.24) is 9.78 Å². The van der Waals surface area contributed by atoms with E-state index in [-0.39, 0.29) is 0 Å². The number of hydrogen-bond donors (Lipinski definition) is 1. The Morgan fingerprint density at radius 1 is 1.22 bits per heavy atom. The molecule has 18 heavy (non-hydrogen) atoms. The molecule has 3 nitrogen and oxygen atoms in total. The van der Waals surface area contributed by atoms with Crippen LogP contribution in [0.15, 0.2) is 42.7 Å². The molecule has 0 aliphatic carbocycles. The average Bonchev–Trinajstić information content (AvgIpc) is 2.84. The average molecular weight is 243 g/mol. The predicted molar refractivity (Wildman–Crippen MR) is 75.7 cm³/mol. The molecule has 2 rings (SSSR count). The van der Waals surface area contributed by atoms with Crippen molar-refractivity contribution in [3.05, 3.63) is 48.3 Å². The van der Waals surface area contributed by atoms with Crippen molar-refractivity contribution >= 4 is 5.69 Å². The first kappa shape index (κ1) is 12.7. The van der Waals surface area contributed by atoms with E-state index >= 15 is 0 Å². The molecule has 0 atom stereocenters. The predicted octanol–water partition coefficient (Wildman–Crippen LogP) is 3.39. The SMILES string of the molecule is CC(C)CCNc1ccc(Cn2cccn2)cc1. The summed E-state index contributed by atoms with van der Waals surface area (Å²) in [6, 6.07) is 10.5. The van der Waals surface area contributed by atoms with Crippen LogP contribution in [-0.4, -0.2) is 16.3 Å². The molecule has 0 fully saturated rings. The second-order valence-corrected chi connectivity index (χ2v) is 5.01. The second-order valence-electron chi connectivity index (χ2n) is 5.01. The van der Waals surface area contributed by atoms with Crippen LogP contribution in [0.1, 0.15) is 25.8 Å². The van der Waals surface area contributed by atoms with E-state index in [1.165, 1.54) is 17.7 Å². The smallest absolute Gasteiger partial charge is 0.0659 e. The van der Waals surface area contributed by atoms with Crippen molar-refractivity contribution in [1.29, 1.82) is 0 Å². The van der Waals surface area contributed by atoms with Gasteiger partial charge in [-0.05, 0) is 36.1 Å². The highest BCUT2D eigenvalue weighted by Gasteiger charge is 1.97. The second kappa shape index (κ2) is 6.24. The number of nitrogens with one attached hydrogen (secondary N) is 1. The molecule has 2 aromatic rings. The van der Waals surface area contributed by atoms with E-state index in [2.05, 4.69) is 48.5 Å². The molecule has 0 radical (unpaired) electrons. The number of benzene rings is 1. The maximum absolute atomic E-state index is 4.20. The maximum atomic E-state index is 4.20. The van der Waals surface area contributed by atoms with Crippen LogP contribution in [-0.2, 0) is 6.54 Å². The zero-order chi connectivity index (χ0) is 12.8. The monoisotopic (exact) mass is 243 g/mol. The minimum Gasteiger partial charge on any atom is -0.385 e. The van der Waals surface area contributed by atoms with Crippen molar-refractivity contribution in [3.8, 4) is 0 Å². The number of nitrogens with zero attached hydrogens (tertiary/aromatic N) is 2. The maximum Gasteiger partial charge on any atom is 0.0659 e. The summed E-state index contributed by atoms with van der Waals surface area (Å²) in [4.78, 5) is 0. The number of rotatable bonds is 6. The molecule has 0 unspecified atom stereocenters. The van der Waals surface area contributed by atoms with E-state index in [1.807, 2.05) is 23.1 Å². The van der Waals surface area contributed by atoms with Crippen LogP contribution in [0, 0.1) is 5.92 Å². The van der Waals surface area contributed by atoms with Gasteiger partial charge in [0.05, 0.1) is 6.54 Å². The Morgan fingerprint density at radius 3 is 2.61 bits per heavy atom. The number of hydrogen-bond acceptors (Lipinski definition) is 2. The van der Waals surface area contributed by atoms with Crippen LogP contribution in [0.4, 0.5) is 5.69 Å². The first-order valence-electron chi connectivity index (χ1n) is 6.54. The Kier molecular flexibility index (Phi) is 4.40. The summed E-state index contributed by atoms with van der Waals surface area (Å²) >= 11 is 0.